The number of rotatable bonds is 9. The summed E-state index contributed by atoms with van der Waals surface area (Å²) in [5.74, 6) is 2.39. The largest absolute Gasteiger partial charge is 0.496 e. The van der Waals surface area contributed by atoms with E-state index in [0.717, 1.165) is 46.9 Å². The average Bonchev–Trinajstić information content (AvgIpc) is 2.61. The minimum absolute atomic E-state index is 0.295. The maximum atomic E-state index is 5.92. The van der Waals surface area contributed by atoms with Crippen LogP contribution in [0.15, 0.2) is 18.2 Å². The number of ether oxygens (including phenoxy) is 1. The molecule has 0 aliphatic rings. The van der Waals surface area contributed by atoms with Gasteiger partial charge in [0.15, 0.2) is 0 Å². The Labute approximate surface area is 155 Å². The van der Waals surface area contributed by atoms with Gasteiger partial charge in [-0.25, -0.2) is 4.98 Å². The second kappa shape index (κ2) is 9.47. The summed E-state index contributed by atoms with van der Waals surface area (Å²) in [5.41, 5.74) is 9.88. The smallest absolute Gasteiger partial charge is 0.222 e. The van der Waals surface area contributed by atoms with Crippen molar-refractivity contribution in [3.05, 3.63) is 40.6 Å². The third kappa shape index (κ3) is 5.23. The highest BCUT2D eigenvalue weighted by atomic mass is 35.5. The molecular formula is C19H27ClN4O. The summed E-state index contributed by atoms with van der Waals surface area (Å²) in [6.07, 6.45) is 4.15. The molecule has 0 radical (unpaired) electrons. The molecule has 2 aromatic rings. The van der Waals surface area contributed by atoms with Crippen LogP contribution in [-0.4, -0.2) is 23.6 Å². The average molecular weight is 363 g/mol. The number of alkyl halides is 1. The van der Waals surface area contributed by atoms with E-state index in [9.17, 15) is 0 Å². The summed E-state index contributed by atoms with van der Waals surface area (Å²) >= 11 is 5.92. The monoisotopic (exact) mass is 362 g/mol. The van der Waals surface area contributed by atoms with Crippen LogP contribution < -0.4 is 15.8 Å². The number of aromatic nitrogens is 2. The second-order valence-electron chi connectivity index (χ2n) is 6.08. The van der Waals surface area contributed by atoms with Gasteiger partial charge in [-0.3, -0.25) is 0 Å². The molecule has 0 amide bonds. The molecule has 0 saturated heterocycles. The van der Waals surface area contributed by atoms with Gasteiger partial charge in [0.05, 0.1) is 7.11 Å². The van der Waals surface area contributed by atoms with Crippen molar-refractivity contribution in [2.24, 2.45) is 0 Å². The molecular weight excluding hydrogens is 336 g/mol. The van der Waals surface area contributed by atoms with E-state index in [1.807, 2.05) is 25.1 Å². The van der Waals surface area contributed by atoms with Crippen LogP contribution in [0.25, 0.3) is 0 Å². The van der Waals surface area contributed by atoms with Crippen LogP contribution in [0.4, 0.5) is 11.8 Å². The number of nitrogens with one attached hydrogen (secondary N) is 1. The van der Waals surface area contributed by atoms with Gasteiger partial charge in [0, 0.05) is 30.1 Å². The Morgan fingerprint density at radius 2 is 2.04 bits per heavy atom. The van der Waals surface area contributed by atoms with E-state index in [1.165, 1.54) is 12.8 Å². The summed E-state index contributed by atoms with van der Waals surface area (Å²) in [4.78, 5) is 8.74. The molecule has 25 heavy (non-hydrogen) atoms. The molecule has 0 aliphatic heterocycles. The fourth-order valence-corrected chi connectivity index (χ4v) is 2.93. The van der Waals surface area contributed by atoms with Crippen molar-refractivity contribution >= 4 is 23.4 Å². The number of benzene rings is 1. The molecule has 0 spiro atoms. The standard InChI is InChI=1S/C19H27ClN4O/c1-4-5-6-9-22-18-16(13(2)23-19(21)24-18)11-15-8-7-14(12-20)10-17(15)25-3/h7-8,10H,4-6,9,11-12H2,1-3H3,(H3,21,22,23,24). The highest BCUT2D eigenvalue weighted by Gasteiger charge is 2.14. The van der Waals surface area contributed by atoms with Crippen LogP contribution in [0.1, 0.15) is 48.6 Å². The van der Waals surface area contributed by atoms with Crippen molar-refractivity contribution < 1.29 is 4.74 Å². The summed E-state index contributed by atoms with van der Waals surface area (Å²) < 4.78 is 5.53. The van der Waals surface area contributed by atoms with Gasteiger partial charge < -0.3 is 15.8 Å². The number of unbranched alkanes of at least 4 members (excludes halogenated alkanes) is 2. The summed E-state index contributed by atoms with van der Waals surface area (Å²) in [5, 5.41) is 3.42. The lowest BCUT2D eigenvalue weighted by molar-refractivity contribution is 0.410. The maximum absolute atomic E-state index is 5.92. The lowest BCUT2D eigenvalue weighted by Gasteiger charge is -2.16. The Morgan fingerprint density at radius 3 is 2.72 bits per heavy atom. The molecule has 0 aliphatic carbocycles. The second-order valence-corrected chi connectivity index (χ2v) is 6.35. The van der Waals surface area contributed by atoms with Gasteiger partial charge in [0.25, 0.3) is 0 Å². The molecule has 0 bridgehead atoms. The number of halogens is 1. The van der Waals surface area contributed by atoms with E-state index in [1.54, 1.807) is 7.11 Å². The predicted molar refractivity (Wildman–Crippen MR) is 105 cm³/mol. The minimum Gasteiger partial charge on any atom is -0.496 e. The first-order valence-electron chi connectivity index (χ1n) is 8.67. The van der Waals surface area contributed by atoms with Crippen LogP contribution in [0, 0.1) is 6.92 Å². The third-order valence-electron chi connectivity index (χ3n) is 4.18. The molecule has 0 atom stereocenters. The lowest BCUT2D eigenvalue weighted by atomic mass is 10.0. The predicted octanol–water partition coefficient (Wildman–Crippen LogP) is 4.31. The summed E-state index contributed by atoms with van der Waals surface area (Å²) in [6, 6.07) is 6.05. The molecule has 1 aromatic carbocycles. The zero-order chi connectivity index (χ0) is 18.2. The molecule has 5 nitrogen and oxygen atoms in total. The number of nitrogen functional groups attached to an aromatic ring is 1. The number of aryl methyl sites for hydroxylation is 1. The van der Waals surface area contributed by atoms with Crippen LogP contribution in [0.3, 0.4) is 0 Å². The zero-order valence-electron chi connectivity index (χ0n) is 15.2. The molecule has 0 fully saturated rings. The minimum atomic E-state index is 0.295. The Hall–Kier alpha value is -2.01. The molecule has 3 N–H and O–H groups in total. The van der Waals surface area contributed by atoms with Crippen molar-refractivity contribution in [2.75, 3.05) is 24.7 Å². The fraction of sp³-hybridized carbons (Fsp3) is 0.474. The number of nitrogens with two attached hydrogens (primary N) is 1. The Kier molecular flexibility index (Phi) is 7.31. The van der Waals surface area contributed by atoms with Crippen molar-refractivity contribution in [1.29, 1.82) is 0 Å². The topological polar surface area (TPSA) is 73.1 Å². The lowest BCUT2D eigenvalue weighted by Crippen LogP contribution is -2.11. The molecule has 0 saturated carbocycles. The third-order valence-corrected chi connectivity index (χ3v) is 4.49. The maximum Gasteiger partial charge on any atom is 0.222 e. The van der Waals surface area contributed by atoms with E-state index in [4.69, 9.17) is 22.1 Å². The van der Waals surface area contributed by atoms with E-state index >= 15 is 0 Å². The highest BCUT2D eigenvalue weighted by Crippen LogP contribution is 2.28. The first kappa shape index (κ1) is 19.3. The SMILES string of the molecule is CCCCCNc1nc(N)nc(C)c1Cc1ccc(CCl)cc1OC. The van der Waals surface area contributed by atoms with Crippen LogP contribution in [-0.2, 0) is 12.3 Å². The van der Waals surface area contributed by atoms with Gasteiger partial charge in [-0.05, 0) is 30.5 Å². The van der Waals surface area contributed by atoms with Crippen LogP contribution in [0.2, 0.25) is 0 Å². The van der Waals surface area contributed by atoms with Crippen molar-refractivity contribution in [1.82, 2.24) is 9.97 Å². The Balaban J connectivity index is 2.28. The first-order valence-corrected chi connectivity index (χ1v) is 9.21. The molecule has 2 rings (SSSR count). The van der Waals surface area contributed by atoms with Crippen molar-refractivity contribution in [3.8, 4) is 5.75 Å². The summed E-state index contributed by atoms with van der Waals surface area (Å²) in [6.45, 7) is 5.03. The fourth-order valence-electron chi connectivity index (χ4n) is 2.77. The van der Waals surface area contributed by atoms with Gasteiger partial charge in [-0.1, -0.05) is 31.9 Å². The van der Waals surface area contributed by atoms with Gasteiger partial charge >= 0.3 is 0 Å². The number of anilines is 2. The van der Waals surface area contributed by atoms with E-state index < -0.39 is 0 Å². The number of nitrogens with zero attached hydrogens (tertiary/aromatic N) is 2. The van der Waals surface area contributed by atoms with Crippen LogP contribution in [0.5, 0.6) is 5.75 Å². The highest BCUT2D eigenvalue weighted by molar-refractivity contribution is 6.17. The molecule has 1 aromatic heterocycles. The van der Waals surface area contributed by atoms with Gasteiger partial charge in [0.2, 0.25) is 5.95 Å². The number of hydrogen-bond acceptors (Lipinski definition) is 5. The van der Waals surface area contributed by atoms with Gasteiger partial charge in [-0.15, -0.1) is 11.6 Å². The van der Waals surface area contributed by atoms with Gasteiger partial charge in [-0.2, -0.15) is 4.98 Å². The zero-order valence-corrected chi connectivity index (χ0v) is 16.0. The molecule has 0 unspecified atom stereocenters. The van der Waals surface area contributed by atoms with Crippen molar-refractivity contribution in [3.63, 3.8) is 0 Å². The molecule has 1 heterocycles. The Morgan fingerprint density at radius 1 is 1.24 bits per heavy atom. The molecule has 136 valence electrons. The van der Waals surface area contributed by atoms with Crippen LogP contribution >= 0.6 is 11.6 Å². The first-order chi connectivity index (χ1) is 12.1. The van der Waals surface area contributed by atoms with E-state index in [2.05, 4.69) is 22.2 Å². The Bertz CT molecular complexity index is 706. The normalized spacial score (nSPS) is 10.7. The van der Waals surface area contributed by atoms with E-state index in [0.29, 0.717) is 18.2 Å². The number of methoxy groups -OCH3 is 1. The summed E-state index contributed by atoms with van der Waals surface area (Å²) in [7, 11) is 1.67. The number of hydrogen-bond donors (Lipinski definition) is 2. The quantitative estimate of drug-likeness (QED) is 0.513. The molecule has 6 heteroatoms. The van der Waals surface area contributed by atoms with E-state index in [-0.39, 0.29) is 0 Å². The van der Waals surface area contributed by atoms with Gasteiger partial charge in [0.1, 0.15) is 11.6 Å². The van der Waals surface area contributed by atoms with Crippen molar-refractivity contribution in [2.45, 2.75) is 45.4 Å².